The van der Waals surface area contributed by atoms with E-state index >= 15 is 0 Å². The van der Waals surface area contributed by atoms with E-state index in [0.29, 0.717) is 19.6 Å². The van der Waals surface area contributed by atoms with Gasteiger partial charge in [-0.25, -0.2) is 0 Å². The highest BCUT2D eigenvalue weighted by atomic mass is 32.2. The molecule has 2 saturated heterocycles. The molecule has 0 radical (unpaired) electrons. The van der Waals surface area contributed by atoms with Gasteiger partial charge in [-0.05, 0) is 37.0 Å². The van der Waals surface area contributed by atoms with E-state index in [1.54, 1.807) is 0 Å². The summed E-state index contributed by atoms with van der Waals surface area (Å²) in [7, 11) is 0. The number of carbonyl (C=O) groups excluding carboxylic acids is 1. The number of piperidine rings is 1. The topological polar surface area (TPSA) is 75.7 Å². The van der Waals surface area contributed by atoms with Crippen molar-refractivity contribution in [2.45, 2.75) is 24.6 Å². The molecule has 2 atom stereocenters. The van der Waals surface area contributed by atoms with Crippen LogP contribution in [0.2, 0.25) is 0 Å². The van der Waals surface area contributed by atoms with Crippen molar-refractivity contribution in [3.05, 3.63) is 0 Å². The average Bonchev–Trinajstić information content (AvgIpc) is 2.37. The summed E-state index contributed by atoms with van der Waals surface area (Å²) in [4.78, 5) is 15.2. The predicted octanol–water partition coefficient (Wildman–Crippen LogP) is -0.891. The molecule has 2 unspecified atom stereocenters. The Labute approximate surface area is 110 Å². The minimum absolute atomic E-state index is 0.0182. The molecule has 1 N–H and O–H groups in total. The van der Waals surface area contributed by atoms with E-state index in [1.165, 1.54) is 6.42 Å². The molecule has 0 saturated carbocycles. The molecule has 2 aliphatic rings. The van der Waals surface area contributed by atoms with Gasteiger partial charge >= 0.3 is 0 Å². The zero-order chi connectivity index (χ0) is 13.0. The van der Waals surface area contributed by atoms with E-state index in [2.05, 4.69) is 5.32 Å². The van der Waals surface area contributed by atoms with Crippen LogP contribution in [0.25, 0.3) is 0 Å². The molecular weight excluding hydrogens is 254 g/mol. The van der Waals surface area contributed by atoms with Crippen LogP contribution in [-0.4, -0.2) is 69.1 Å². The lowest BCUT2D eigenvalue weighted by atomic mass is 10.1. The van der Waals surface area contributed by atoms with Crippen LogP contribution in [0.4, 0.5) is 0 Å². The van der Waals surface area contributed by atoms with Crippen LogP contribution >= 0.6 is 0 Å². The Morgan fingerprint density at radius 3 is 2.61 bits per heavy atom. The number of likely N-dealkylation sites (tertiary alicyclic amines) is 1. The first-order valence-electron chi connectivity index (χ1n) is 6.48. The number of hydrogen-bond acceptors (Lipinski definition) is 5. The Morgan fingerprint density at radius 2 is 2.00 bits per heavy atom. The van der Waals surface area contributed by atoms with Gasteiger partial charge in [-0.15, -0.1) is 0 Å². The minimum Gasteiger partial charge on any atom is -0.771 e. The van der Waals surface area contributed by atoms with E-state index in [1.807, 2.05) is 9.80 Å². The Bertz CT molecular complexity index is 321. The third-order valence-electron chi connectivity index (χ3n) is 3.55. The Morgan fingerprint density at radius 1 is 1.28 bits per heavy atom. The lowest BCUT2D eigenvalue weighted by molar-refractivity contribution is -0.124. The molecule has 2 heterocycles. The first-order chi connectivity index (χ1) is 8.66. The lowest BCUT2D eigenvalue weighted by Gasteiger charge is -2.39. The highest BCUT2D eigenvalue weighted by Gasteiger charge is 2.26. The molecule has 104 valence electrons. The van der Waals surface area contributed by atoms with Crippen LogP contribution in [0.15, 0.2) is 0 Å². The van der Waals surface area contributed by atoms with Gasteiger partial charge in [-0.3, -0.25) is 18.8 Å². The van der Waals surface area contributed by atoms with E-state index in [-0.39, 0.29) is 5.91 Å². The minimum atomic E-state index is -2.11. The van der Waals surface area contributed by atoms with Gasteiger partial charge in [-0.1, -0.05) is 6.42 Å². The van der Waals surface area contributed by atoms with E-state index < -0.39 is 16.5 Å². The summed E-state index contributed by atoms with van der Waals surface area (Å²) < 4.78 is 22.8. The zero-order valence-electron chi connectivity index (χ0n) is 10.5. The zero-order valence-corrected chi connectivity index (χ0v) is 11.3. The summed E-state index contributed by atoms with van der Waals surface area (Å²) in [6.07, 6.45) is 3.31. The maximum atomic E-state index is 11.4. The van der Waals surface area contributed by atoms with Crippen LogP contribution < -0.4 is 5.32 Å². The number of amides is 1. The quantitative estimate of drug-likeness (QED) is 0.673. The van der Waals surface area contributed by atoms with Crippen LogP contribution in [0.3, 0.4) is 0 Å². The van der Waals surface area contributed by atoms with Gasteiger partial charge in [0.2, 0.25) is 5.91 Å². The van der Waals surface area contributed by atoms with Gasteiger partial charge in [0.1, 0.15) is 0 Å². The third kappa shape index (κ3) is 3.74. The summed E-state index contributed by atoms with van der Waals surface area (Å²) >= 11 is -2.11. The number of nitrogens with one attached hydrogen (secondary N) is 1. The standard InChI is InChI=1S/C11H21N3O3S/c15-10-8-13(7-4-12-10)9-11(18(16)17)14-5-2-1-3-6-14/h11H,1-9H2,(H,12,15)(H,16,17)/p-1. The molecule has 6 nitrogen and oxygen atoms in total. The molecule has 0 aromatic heterocycles. The van der Waals surface area contributed by atoms with Crippen molar-refractivity contribution >= 4 is 17.0 Å². The average molecular weight is 274 g/mol. The summed E-state index contributed by atoms with van der Waals surface area (Å²) in [5, 5.41) is 2.27. The van der Waals surface area contributed by atoms with Gasteiger partial charge in [0.15, 0.2) is 0 Å². The number of carbonyl (C=O) groups is 1. The summed E-state index contributed by atoms with van der Waals surface area (Å²) in [6.45, 7) is 3.77. The second-order valence-electron chi connectivity index (χ2n) is 4.90. The van der Waals surface area contributed by atoms with Crippen molar-refractivity contribution < 1.29 is 13.6 Å². The maximum Gasteiger partial charge on any atom is 0.234 e. The smallest absolute Gasteiger partial charge is 0.234 e. The number of rotatable bonds is 4. The Balaban J connectivity index is 1.92. The molecule has 0 aromatic rings. The van der Waals surface area contributed by atoms with Crippen LogP contribution in [0.1, 0.15) is 19.3 Å². The van der Waals surface area contributed by atoms with E-state index in [9.17, 15) is 13.6 Å². The molecule has 2 rings (SSSR count). The molecule has 0 aromatic carbocycles. The third-order valence-corrected chi connectivity index (χ3v) is 4.44. The van der Waals surface area contributed by atoms with Crippen molar-refractivity contribution in [2.75, 3.05) is 39.3 Å². The monoisotopic (exact) mass is 274 g/mol. The van der Waals surface area contributed by atoms with Crippen molar-refractivity contribution in [3.63, 3.8) is 0 Å². The Kier molecular flexibility index (Phi) is 5.11. The summed E-state index contributed by atoms with van der Waals surface area (Å²) in [6, 6.07) is 0. The first-order valence-corrected chi connectivity index (χ1v) is 7.62. The molecule has 18 heavy (non-hydrogen) atoms. The Hall–Kier alpha value is -0.500. The molecule has 0 spiro atoms. The van der Waals surface area contributed by atoms with Gasteiger partial charge in [0.05, 0.1) is 11.9 Å². The second-order valence-corrected chi connectivity index (χ2v) is 5.96. The van der Waals surface area contributed by atoms with Crippen LogP contribution in [0.5, 0.6) is 0 Å². The van der Waals surface area contributed by atoms with Gasteiger partial charge in [0.25, 0.3) is 0 Å². The summed E-state index contributed by atoms with van der Waals surface area (Å²) in [5.41, 5.74) is 0. The fourth-order valence-electron chi connectivity index (χ4n) is 2.57. The predicted molar refractivity (Wildman–Crippen MR) is 67.6 cm³/mol. The molecule has 2 fully saturated rings. The summed E-state index contributed by atoms with van der Waals surface area (Å²) in [5.74, 6) is -0.0182. The first kappa shape index (κ1) is 13.9. The number of piperazine rings is 1. The molecule has 1 amide bonds. The fraction of sp³-hybridized carbons (Fsp3) is 0.909. The normalized spacial score (nSPS) is 26.6. The lowest BCUT2D eigenvalue weighted by Crippen LogP contribution is -2.54. The highest BCUT2D eigenvalue weighted by Crippen LogP contribution is 2.15. The molecular formula is C11H20N3O3S-. The van der Waals surface area contributed by atoms with Gasteiger partial charge < -0.3 is 9.87 Å². The molecule has 0 bridgehead atoms. The van der Waals surface area contributed by atoms with Crippen molar-refractivity contribution in [1.82, 2.24) is 15.1 Å². The van der Waals surface area contributed by atoms with Crippen LogP contribution in [-0.2, 0) is 15.9 Å². The van der Waals surface area contributed by atoms with Gasteiger partial charge in [-0.2, -0.15) is 0 Å². The SMILES string of the molecule is O=C1CN(CC(N2CCCCC2)S(=O)[O-])CCN1. The van der Waals surface area contributed by atoms with E-state index in [0.717, 1.165) is 32.5 Å². The molecule has 7 heteroatoms. The van der Waals surface area contributed by atoms with Crippen LogP contribution in [0, 0.1) is 0 Å². The highest BCUT2D eigenvalue weighted by molar-refractivity contribution is 7.79. The van der Waals surface area contributed by atoms with E-state index in [4.69, 9.17) is 0 Å². The maximum absolute atomic E-state index is 11.4. The van der Waals surface area contributed by atoms with Gasteiger partial charge in [0, 0.05) is 19.6 Å². The van der Waals surface area contributed by atoms with Crippen molar-refractivity contribution in [3.8, 4) is 0 Å². The number of nitrogens with zero attached hydrogens (tertiary/aromatic N) is 2. The van der Waals surface area contributed by atoms with Crippen molar-refractivity contribution in [1.29, 1.82) is 0 Å². The second kappa shape index (κ2) is 6.60. The number of hydrogen-bond donors (Lipinski definition) is 1. The molecule has 0 aliphatic carbocycles. The largest absolute Gasteiger partial charge is 0.771 e. The molecule has 2 aliphatic heterocycles. The fourth-order valence-corrected chi connectivity index (χ4v) is 3.36. The van der Waals surface area contributed by atoms with Crippen molar-refractivity contribution in [2.24, 2.45) is 0 Å².